The molecular formula is C25H35N3O3. The molecule has 6 nitrogen and oxygen atoms in total. The summed E-state index contributed by atoms with van der Waals surface area (Å²) in [5.41, 5.74) is 2.27. The molecule has 0 aliphatic carbocycles. The monoisotopic (exact) mass is 425 g/mol. The first-order valence-electron chi connectivity index (χ1n) is 11.2. The minimum absolute atomic E-state index is 0.0246. The van der Waals surface area contributed by atoms with Crippen LogP contribution in [0.3, 0.4) is 0 Å². The van der Waals surface area contributed by atoms with Crippen LogP contribution in [0.4, 0.5) is 17.1 Å². The smallest absolute Gasteiger partial charge is 0.243 e. The zero-order valence-electron chi connectivity index (χ0n) is 18.9. The SMILES string of the molecule is CCCCCCCOc1ccc(NC(=O)CNc2ccc(NC(=O)C(C)C)cc2)cc1. The van der Waals surface area contributed by atoms with Gasteiger partial charge in [-0.1, -0.05) is 46.5 Å². The van der Waals surface area contributed by atoms with Crippen LogP contribution in [0.2, 0.25) is 0 Å². The molecule has 2 rings (SSSR count). The predicted molar refractivity (Wildman–Crippen MR) is 128 cm³/mol. The summed E-state index contributed by atoms with van der Waals surface area (Å²) in [6, 6.07) is 14.7. The van der Waals surface area contributed by atoms with E-state index in [4.69, 9.17) is 4.74 Å². The molecule has 0 aromatic heterocycles. The average Bonchev–Trinajstić information content (AvgIpc) is 2.76. The maximum atomic E-state index is 12.2. The minimum atomic E-state index is -0.137. The lowest BCUT2D eigenvalue weighted by atomic mass is 10.2. The summed E-state index contributed by atoms with van der Waals surface area (Å²) in [7, 11) is 0. The maximum Gasteiger partial charge on any atom is 0.243 e. The number of nitrogens with one attached hydrogen (secondary N) is 3. The molecular weight excluding hydrogens is 390 g/mol. The van der Waals surface area contributed by atoms with Crippen LogP contribution in [-0.4, -0.2) is 25.0 Å². The predicted octanol–water partition coefficient (Wildman–Crippen LogP) is 5.68. The number of anilines is 3. The minimum Gasteiger partial charge on any atom is -0.494 e. The first-order valence-corrected chi connectivity index (χ1v) is 11.2. The van der Waals surface area contributed by atoms with E-state index in [1.54, 1.807) is 0 Å². The molecule has 2 aromatic carbocycles. The molecule has 0 heterocycles. The van der Waals surface area contributed by atoms with Gasteiger partial charge in [0.15, 0.2) is 0 Å². The highest BCUT2D eigenvalue weighted by Gasteiger charge is 2.07. The van der Waals surface area contributed by atoms with Crippen molar-refractivity contribution in [2.45, 2.75) is 52.9 Å². The standard InChI is InChI=1S/C25H35N3O3/c1-4-5-6-7-8-17-31-23-15-13-21(14-16-23)27-24(29)18-26-20-9-11-22(12-10-20)28-25(30)19(2)3/h9-16,19,26H,4-8,17-18H2,1-3H3,(H,27,29)(H,28,30). The summed E-state index contributed by atoms with van der Waals surface area (Å²) in [5, 5.41) is 8.78. The van der Waals surface area contributed by atoms with Crippen molar-refractivity contribution in [3.8, 4) is 5.75 Å². The topological polar surface area (TPSA) is 79.5 Å². The van der Waals surface area contributed by atoms with Gasteiger partial charge in [0.05, 0.1) is 13.2 Å². The van der Waals surface area contributed by atoms with Gasteiger partial charge in [0.25, 0.3) is 0 Å². The number of hydrogen-bond donors (Lipinski definition) is 3. The number of carbonyl (C=O) groups excluding carboxylic acids is 2. The van der Waals surface area contributed by atoms with Crippen molar-refractivity contribution in [1.29, 1.82) is 0 Å². The fraction of sp³-hybridized carbons (Fsp3) is 0.440. The lowest BCUT2D eigenvalue weighted by Crippen LogP contribution is -2.21. The molecule has 0 bridgehead atoms. The molecule has 0 saturated carbocycles. The molecule has 2 amide bonds. The summed E-state index contributed by atoms with van der Waals surface area (Å²) >= 11 is 0. The van der Waals surface area contributed by atoms with Crippen LogP contribution >= 0.6 is 0 Å². The van der Waals surface area contributed by atoms with Gasteiger partial charge in [-0.15, -0.1) is 0 Å². The molecule has 0 radical (unpaired) electrons. The summed E-state index contributed by atoms with van der Waals surface area (Å²) in [5.74, 6) is 0.583. The zero-order chi connectivity index (χ0) is 22.5. The Hall–Kier alpha value is -3.02. The van der Waals surface area contributed by atoms with Gasteiger partial charge in [-0.3, -0.25) is 9.59 Å². The van der Waals surface area contributed by atoms with Crippen LogP contribution in [0.5, 0.6) is 5.75 Å². The quantitative estimate of drug-likeness (QED) is 0.361. The highest BCUT2D eigenvalue weighted by molar-refractivity contribution is 5.94. The average molecular weight is 426 g/mol. The van der Waals surface area contributed by atoms with Gasteiger partial charge in [-0.25, -0.2) is 0 Å². The van der Waals surface area contributed by atoms with E-state index in [-0.39, 0.29) is 24.3 Å². The summed E-state index contributed by atoms with van der Waals surface area (Å²) in [4.78, 5) is 23.9. The van der Waals surface area contributed by atoms with Crippen molar-refractivity contribution < 1.29 is 14.3 Å². The Morgan fingerprint density at radius 2 is 1.39 bits per heavy atom. The Balaban J connectivity index is 1.69. The summed E-state index contributed by atoms with van der Waals surface area (Å²) in [6.45, 7) is 6.77. The van der Waals surface area contributed by atoms with E-state index in [0.717, 1.165) is 35.8 Å². The molecule has 0 aliphatic rings. The van der Waals surface area contributed by atoms with E-state index in [0.29, 0.717) is 0 Å². The van der Waals surface area contributed by atoms with Crippen molar-refractivity contribution in [3.05, 3.63) is 48.5 Å². The fourth-order valence-electron chi connectivity index (χ4n) is 2.88. The molecule has 0 atom stereocenters. The van der Waals surface area contributed by atoms with Crippen LogP contribution in [-0.2, 0) is 9.59 Å². The van der Waals surface area contributed by atoms with Crippen LogP contribution in [0.25, 0.3) is 0 Å². The Bertz CT molecular complexity index is 802. The molecule has 0 unspecified atom stereocenters. The maximum absolute atomic E-state index is 12.2. The number of ether oxygens (including phenoxy) is 1. The second-order valence-electron chi connectivity index (χ2n) is 7.91. The number of carbonyl (C=O) groups is 2. The van der Waals surface area contributed by atoms with Crippen molar-refractivity contribution in [2.75, 3.05) is 29.1 Å². The number of benzene rings is 2. The van der Waals surface area contributed by atoms with E-state index in [9.17, 15) is 9.59 Å². The second-order valence-corrected chi connectivity index (χ2v) is 7.91. The third-order valence-corrected chi connectivity index (χ3v) is 4.78. The summed E-state index contributed by atoms with van der Waals surface area (Å²) in [6.07, 6.45) is 6.05. The molecule has 0 aliphatic heterocycles. The van der Waals surface area contributed by atoms with E-state index >= 15 is 0 Å². The molecule has 31 heavy (non-hydrogen) atoms. The van der Waals surface area contributed by atoms with Gasteiger partial charge in [-0.2, -0.15) is 0 Å². The normalized spacial score (nSPS) is 10.6. The highest BCUT2D eigenvalue weighted by Crippen LogP contribution is 2.17. The number of rotatable bonds is 13. The van der Waals surface area contributed by atoms with Gasteiger partial charge in [0.1, 0.15) is 5.75 Å². The Kier molecular flexibility index (Phi) is 10.4. The van der Waals surface area contributed by atoms with Gasteiger partial charge in [0, 0.05) is 23.0 Å². The van der Waals surface area contributed by atoms with Crippen molar-refractivity contribution in [2.24, 2.45) is 5.92 Å². The number of amides is 2. The first-order chi connectivity index (χ1) is 15.0. The Labute approximate surface area is 185 Å². The zero-order valence-corrected chi connectivity index (χ0v) is 18.9. The Morgan fingerprint density at radius 3 is 2.03 bits per heavy atom. The lowest BCUT2D eigenvalue weighted by molar-refractivity contribution is -0.119. The molecule has 3 N–H and O–H groups in total. The van der Waals surface area contributed by atoms with Crippen LogP contribution in [0.15, 0.2) is 48.5 Å². The number of hydrogen-bond acceptors (Lipinski definition) is 4. The molecule has 2 aromatic rings. The van der Waals surface area contributed by atoms with Crippen LogP contribution in [0, 0.1) is 5.92 Å². The third kappa shape index (κ3) is 9.55. The van der Waals surface area contributed by atoms with Crippen molar-refractivity contribution >= 4 is 28.9 Å². The van der Waals surface area contributed by atoms with Crippen molar-refractivity contribution in [3.63, 3.8) is 0 Å². The highest BCUT2D eigenvalue weighted by atomic mass is 16.5. The van der Waals surface area contributed by atoms with Gasteiger partial charge < -0.3 is 20.7 Å². The van der Waals surface area contributed by atoms with Gasteiger partial charge in [-0.05, 0) is 55.0 Å². The van der Waals surface area contributed by atoms with E-state index in [2.05, 4.69) is 22.9 Å². The lowest BCUT2D eigenvalue weighted by Gasteiger charge is -2.11. The van der Waals surface area contributed by atoms with Crippen molar-refractivity contribution in [1.82, 2.24) is 0 Å². The molecule has 6 heteroatoms. The molecule has 0 spiro atoms. The largest absolute Gasteiger partial charge is 0.494 e. The molecule has 0 saturated heterocycles. The number of unbranched alkanes of at least 4 members (excludes halogenated alkanes) is 4. The van der Waals surface area contributed by atoms with Gasteiger partial charge in [0.2, 0.25) is 11.8 Å². The molecule has 168 valence electrons. The van der Waals surface area contributed by atoms with E-state index in [1.165, 1.54) is 25.7 Å². The van der Waals surface area contributed by atoms with Crippen LogP contribution in [0.1, 0.15) is 52.9 Å². The third-order valence-electron chi connectivity index (χ3n) is 4.78. The van der Waals surface area contributed by atoms with E-state index in [1.807, 2.05) is 62.4 Å². The van der Waals surface area contributed by atoms with E-state index < -0.39 is 0 Å². The fourth-order valence-corrected chi connectivity index (χ4v) is 2.88. The summed E-state index contributed by atoms with van der Waals surface area (Å²) < 4.78 is 5.75. The Morgan fingerprint density at radius 1 is 0.806 bits per heavy atom. The molecule has 0 fully saturated rings. The first kappa shape index (κ1) is 24.3. The van der Waals surface area contributed by atoms with Gasteiger partial charge >= 0.3 is 0 Å². The van der Waals surface area contributed by atoms with Crippen LogP contribution < -0.4 is 20.7 Å². The second kappa shape index (κ2) is 13.3.